The van der Waals surface area contributed by atoms with Crippen molar-refractivity contribution in [3.05, 3.63) is 28.8 Å². The fourth-order valence-corrected chi connectivity index (χ4v) is 3.02. The SMILES string of the molecule is CN(C)CCOCCNCc1c(Cl)cccc1S(C)(=O)=O. The zero-order valence-corrected chi connectivity index (χ0v) is 14.3. The van der Waals surface area contributed by atoms with E-state index in [0.29, 0.717) is 36.9 Å². The maximum atomic E-state index is 11.7. The highest BCUT2D eigenvalue weighted by Crippen LogP contribution is 2.23. The maximum absolute atomic E-state index is 11.7. The molecule has 5 nitrogen and oxygen atoms in total. The predicted octanol–water partition coefficient (Wildman–Crippen LogP) is 1.41. The van der Waals surface area contributed by atoms with E-state index in [-0.39, 0.29) is 4.90 Å². The number of rotatable bonds is 9. The van der Waals surface area contributed by atoms with Gasteiger partial charge in [-0.25, -0.2) is 8.42 Å². The fraction of sp³-hybridized carbons (Fsp3) is 0.571. The van der Waals surface area contributed by atoms with Gasteiger partial charge in [0.1, 0.15) is 0 Å². The molecule has 0 bridgehead atoms. The predicted molar refractivity (Wildman–Crippen MR) is 85.6 cm³/mol. The van der Waals surface area contributed by atoms with Crippen molar-refractivity contribution in [2.45, 2.75) is 11.4 Å². The molecule has 1 aromatic rings. The summed E-state index contributed by atoms with van der Waals surface area (Å²) in [5.74, 6) is 0. The molecular weight excluding hydrogens is 312 g/mol. The molecule has 0 atom stereocenters. The minimum atomic E-state index is -3.28. The van der Waals surface area contributed by atoms with Crippen LogP contribution < -0.4 is 5.32 Å². The fourth-order valence-electron chi connectivity index (χ4n) is 1.76. The lowest BCUT2D eigenvalue weighted by Crippen LogP contribution is -2.23. The monoisotopic (exact) mass is 334 g/mol. The molecular formula is C14H23ClN2O3S. The summed E-state index contributed by atoms with van der Waals surface area (Å²) in [5.41, 5.74) is 0.606. The van der Waals surface area contributed by atoms with E-state index in [1.54, 1.807) is 18.2 Å². The summed E-state index contributed by atoms with van der Waals surface area (Å²) in [6.07, 6.45) is 1.19. The maximum Gasteiger partial charge on any atom is 0.175 e. The van der Waals surface area contributed by atoms with E-state index in [4.69, 9.17) is 16.3 Å². The summed E-state index contributed by atoms with van der Waals surface area (Å²) in [5, 5.41) is 3.61. The first-order valence-electron chi connectivity index (χ1n) is 6.73. The number of ether oxygens (including phenoxy) is 1. The molecule has 120 valence electrons. The topological polar surface area (TPSA) is 58.6 Å². The van der Waals surface area contributed by atoms with Crippen LogP contribution in [0.3, 0.4) is 0 Å². The van der Waals surface area contributed by atoms with E-state index in [2.05, 4.69) is 10.2 Å². The van der Waals surface area contributed by atoms with Gasteiger partial charge in [0.05, 0.1) is 18.1 Å². The van der Waals surface area contributed by atoms with Crippen LogP contribution in [-0.4, -0.2) is 60.0 Å². The highest BCUT2D eigenvalue weighted by atomic mass is 35.5. The largest absolute Gasteiger partial charge is 0.379 e. The Balaban J connectivity index is 2.46. The van der Waals surface area contributed by atoms with E-state index in [0.717, 1.165) is 6.54 Å². The Hall–Kier alpha value is -0.660. The number of likely N-dealkylation sites (N-methyl/N-ethyl adjacent to an activating group) is 1. The van der Waals surface area contributed by atoms with Crippen LogP contribution in [0.5, 0.6) is 0 Å². The normalized spacial score (nSPS) is 12.0. The molecule has 7 heteroatoms. The second-order valence-corrected chi connectivity index (χ2v) is 7.47. The van der Waals surface area contributed by atoms with Gasteiger partial charge in [0.25, 0.3) is 0 Å². The van der Waals surface area contributed by atoms with Gasteiger partial charge in [0.15, 0.2) is 9.84 Å². The van der Waals surface area contributed by atoms with Crippen LogP contribution in [0.25, 0.3) is 0 Å². The molecule has 0 spiro atoms. The lowest BCUT2D eigenvalue weighted by atomic mass is 10.2. The molecule has 21 heavy (non-hydrogen) atoms. The first-order valence-corrected chi connectivity index (χ1v) is 9.00. The van der Waals surface area contributed by atoms with E-state index in [1.807, 2.05) is 14.1 Å². The van der Waals surface area contributed by atoms with Crippen LogP contribution in [0.1, 0.15) is 5.56 Å². The molecule has 0 aliphatic carbocycles. The first kappa shape index (κ1) is 18.4. The van der Waals surface area contributed by atoms with Gasteiger partial charge in [-0.1, -0.05) is 17.7 Å². The van der Waals surface area contributed by atoms with Gasteiger partial charge in [-0.05, 0) is 26.2 Å². The van der Waals surface area contributed by atoms with Gasteiger partial charge in [-0.15, -0.1) is 0 Å². The van der Waals surface area contributed by atoms with E-state index in [1.165, 1.54) is 6.26 Å². The molecule has 0 aliphatic rings. The average molecular weight is 335 g/mol. The zero-order chi connectivity index (χ0) is 15.9. The van der Waals surface area contributed by atoms with Crippen molar-refractivity contribution in [3.8, 4) is 0 Å². The number of sulfone groups is 1. The van der Waals surface area contributed by atoms with Crippen LogP contribution in [0.2, 0.25) is 5.02 Å². The second-order valence-electron chi connectivity index (χ2n) is 5.08. The van der Waals surface area contributed by atoms with Gasteiger partial charge in [0.2, 0.25) is 0 Å². The third-order valence-corrected chi connectivity index (χ3v) is 4.42. The Kier molecular flexibility index (Phi) is 7.62. The number of nitrogens with one attached hydrogen (secondary N) is 1. The van der Waals surface area contributed by atoms with Gasteiger partial charge in [-0.2, -0.15) is 0 Å². The molecule has 1 aromatic carbocycles. The standard InChI is InChI=1S/C14H23ClN2O3S/c1-17(2)8-10-20-9-7-16-11-12-13(15)5-4-6-14(12)21(3,18)19/h4-6,16H,7-11H2,1-3H3. The molecule has 0 saturated carbocycles. The number of nitrogens with zero attached hydrogens (tertiary/aromatic N) is 1. The Morgan fingerprint density at radius 2 is 2.00 bits per heavy atom. The molecule has 0 aromatic heterocycles. The minimum absolute atomic E-state index is 0.274. The lowest BCUT2D eigenvalue weighted by molar-refractivity contribution is 0.119. The van der Waals surface area contributed by atoms with Crippen molar-refractivity contribution in [2.75, 3.05) is 46.7 Å². The van der Waals surface area contributed by atoms with Crippen molar-refractivity contribution in [1.29, 1.82) is 0 Å². The molecule has 0 amide bonds. The van der Waals surface area contributed by atoms with Crippen molar-refractivity contribution in [3.63, 3.8) is 0 Å². The Morgan fingerprint density at radius 1 is 1.29 bits per heavy atom. The van der Waals surface area contributed by atoms with E-state index >= 15 is 0 Å². The van der Waals surface area contributed by atoms with Gasteiger partial charge < -0.3 is 15.0 Å². The molecule has 0 aliphatic heterocycles. The molecule has 0 heterocycles. The van der Waals surface area contributed by atoms with Crippen molar-refractivity contribution >= 4 is 21.4 Å². The smallest absolute Gasteiger partial charge is 0.175 e. The minimum Gasteiger partial charge on any atom is -0.379 e. The molecule has 1 N–H and O–H groups in total. The number of hydrogen-bond acceptors (Lipinski definition) is 5. The summed E-state index contributed by atoms with van der Waals surface area (Å²) < 4.78 is 28.9. The zero-order valence-electron chi connectivity index (χ0n) is 12.7. The number of benzene rings is 1. The lowest BCUT2D eigenvalue weighted by Gasteiger charge is -2.12. The van der Waals surface area contributed by atoms with Crippen LogP contribution in [0.4, 0.5) is 0 Å². The number of hydrogen-bond donors (Lipinski definition) is 1. The van der Waals surface area contributed by atoms with Gasteiger partial charge >= 0.3 is 0 Å². The molecule has 0 unspecified atom stereocenters. The van der Waals surface area contributed by atoms with E-state index in [9.17, 15) is 8.42 Å². The van der Waals surface area contributed by atoms with Crippen LogP contribution >= 0.6 is 11.6 Å². The highest BCUT2D eigenvalue weighted by Gasteiger charge is 2.15. The Bertz CT molecular complexity index is 547. The third-order valence-electron chi connectivity index (χ3n) is 2.88. The average Bonchev–Trinajstić information content (AvgIpc) is 2.37. The van der Waals surface area contributed by atoms with E-state index < -0.39 is 9.84 Å². The quantitative estimate of drug-likeness (QED) is 0.692. The van der Waals surface area contributed by atoms with Gasteiger partial charge in [0, 0.05) is 36.5 Å². The van der Waals surface area contributed by atoms with Crippen molar-refractivity contribution in [2.24, 2.45) is 0 Å². The molecule has 0 fully saturated rings. The van der Waals surface area contributed by atoms with Gasteiger partial charge in [-0.3, -0.25) is 0 Å². The first-order chi connectivity index (χ1) is 9.82. The summed E-state index contributed by atoms with van der Waals surface area (Å²) in [7, 11) is 0.706. The summed E-state index contributed by atoms with van der Waals surface area (Å²) in [4.78, 5) is 2.33. The molecule has 1 rings (SSSR count). The summed E-state index contributed by atoms with van der Waals surface area (Å²) in [6.45, 7) is 3.17. The summed E-state index contributed by atoms with van der Waals surface area (Å²) in [6, 6.07) is 4.92. The third kappa shape index (κ3) is 6.76. The van der Waals surface area contributed by atoms with Crippen LogP contribution in [0, 0.1) is 0 Å². The second kappa shape index (κ2) is 8.70. The van der Waals surface area contributed by atoms with Crippen molar-refractivity contribution < 1.29 is 13.2 Å². The highest BCUT2D eigenvalue weighted by molar-refractivity contribution is 7.90. The summed E-state index contributed by atoms with van der Waals surface area (Å²) >= 11 is 6.09. The Morgan fingerprint density at radius 3 is 2.62 bits per heavy atom. The van der Waals surface area contributed by atoms with Crippen LogP contribution in [-0.2, 0) is 21.1 Å². The molecule has 0 saturated heterocycles. The van der Waals surface area contributed by atoms with Crippen LogP contribution in [0.15, 0.2) is 23.1 Å². The number of halogens is 1. The molecule has 0 radical (unpaired) electrons. The van der Waals surface area contributed by atoms with Crippen molar-refractivity contribution in [1.82, 2.24) is 10.2 Å². The Labute approximate surface area is 132 Å².